The lowest BCUT2D eigenvalue weighted by atomic mass is 10.1. The molecular formula is C22H23N3O2S. The first-order valence-corrected chi connectivity index (χ1v) is 10.0. The first-order valence-electron chi connectivity index (χ1n) is 9.14. The number of carbonyl (C=O) groups is 1. The lowest BCUT2D eigenvalue weighted by Crippen LogP contribution is -2.07. The summed E-state index contributed by atoms with van der Waals surface area (Å²) in [7, 11) is 0. The predicted octanol–water partition coefficient (Wildman–Crippen LogP) is 5.09. The maximum Gasteiger partial charge on any atom is 0.310 e. The molecule has 0 bridgehead atoms. The van der Waals surface area contributed by atoms with Gasteiger partial charge in [-0.1, -0.05) is 24.3 Å². The van der Waals surface area contributed by atoms with Crippen molar-refractivity contribution in [3.63, 3.8) is 0 Å². The van der Waals surface area contributed by atoms with E-state index in [2.05, 4.69) is 16.9 Å². The molecule has 2 heterocycles. The smallest absolute Gasteiger partial charge is 0.310 e. The Labute approximate surface area is 169 Å². The van der Waals surface area contributed by atoms with Gasteiger partial charge in [-0.25, -0.2) is 9.97 Å². The highest BCUT2D eigenvalue weighted by atomic mass is 32.1. The van der Waals surface area contributed by atoms with Gasteiger partial charge in [-0.05, 0) is 49.4 Å². The number of hydrogen-bond acceptors (Lipinski definition) is 6. The topological polar surface area (TPSA) is 64.1 Å². The number of hydrogen-bond donors (Lipinski definition) is 1. The summed E-state index contributed by atoms with van der Waals surface area (Å²) < 4.78 is 5.00. The molecule has 144 valence electrons. The lowest BCUT2D eigenvalue weighted by molar-refractivity contribution is -0.142. The number of aryl methyl sites for hydroxylation is 1. The first kappa shape index (κ1) is 19.8. The van der Waals surface area contributed by atoms with Gasteiger partial charge in [0.1, 0.15) is 5.82 Å². The van der Waals surface area contributed by atoms with E-state index < -0.39 is 0 Å². The van der Waals surface area contributed by atoms with E-state index in [1.165, 1.54) is 0 Å². The van der Waals surface area contributed by atoms with Crippen molar-refractivity contribution in [2.24, 2.45) is 0 Å². The zero-order valence-electron chi connectivity index (χ0n) is 16.1. The van der Waals surface area contributed by atoms with Gasteiger partial charge in [-0.2, -0.15) is 0 Å². The van der Waals surface area contributed by atoms with Crippen molar-refractivity contribution in [2.45, 2.75) is 26.7 Å². The summed E-state index contributed by atoms with van der Waals surface area (Å²) in [5.41, 5.74) is 3.76. The van der Waals surface area contributed by atoms with Crippen molar-refractivity contribution in [1.82, 2.24) is 9.97 Å². The number of nitrogens with one attached hydrogen (secondary N) is 1. The van der Waals surface area contributed by atoms with Crippen LogP contribution in [0.15, 0.2) is 54.4 Å². The van der Waals surface area contributed by atoms with Crippen LogP contribution in [0.1, 0.15) is 23.7 Å². The van der Waals surface area contributed by atoms with E-state index >= 15 is 0 Å². The number of anilines is 2. The molecule has 0 aliphatic heterocycles. The normalized spacial score (nSPS) is 10.5. The fourth-order valence-corrected chi connectivity index (χ4v) is 3.48. The minimum Gasteiger partial charge on any atom is -0.466 e. The Balaban J connectivity index is 1.86. The van der Waals surface area contributed by atoms with Crippen molar-refractivity contribution in [3.8, 4) is 10.7 Å². The summed E-state index contributed by atoms with van der Waals surface area (Å²) in [6.45, 7) is 8.04. The Kier molecular flexibility index (Phi) is 6.55. The molecule has 2 aromatic heterocycles. The maximum absolute atomic E-state index is 11.6. The van der Waals surface area contributed by atoms with Gasteiger partial charge in [0.15, 0.2) is 5.82 Å². The van der Waals surface area contributed by atoms with E-state index in [1.54, 1.807) is 18.3 Å². The molecule has 1 aromatic carbocycles. The second-order valence-corrected chi connectivity index (χ2v) is 7.18. The molecule has 0 saturated heterocycles. The molecule has 0 atom stereocenters. The number of nitrogens with zero attached hydrogens (tertiary/aromatic N) is 2. The van der Waals surface area contributed by atoms with E-state index in [-0.39, 0.29) is 12.4 Å². The van der Waals surface area contributed by atoms with Gasteiger partial charge in [-0.15, -0.1) is 17.9 Å². The van der Waals surface area contributed by atoms with E-state index in [0.29, 0.717) is 18.9 Å². The second kappa shape index (κ2) is 9.28. The van der Waals surface area contributed by atoms with Crippen LogP contribution < -0.4 is 5.32 Å². The highest BCUT2D eigenvalue weighted by Gasteiger charge is 2.13. The van der Waals surface area contributed by atoms with Gasteiger partial charge in [0.2, 0.25) is 0 Å². The summed E-state index contributed by atoms with van der Waals surface area (Å²) in [6.07, 6.45) is 2.80. The van der Waals surface area contributed by atoms with Gasteiger partial charge in [0.05, 0.1) is 17.9 Å². The summed E-state index contributed by atoms with van der Waals surface area (Å²) in [5, 5.41) is 5.41. The van der Waals surface area contributed by atoms with Crippen molar-refractivity contribution < 1.29 is 9.53 Å². The van der Waals surface area contributed by atoms with Gasteiger partial charge in [0.25, 0.3) is 0 Å². The molecular weight excluding hydrogens is 370 g/mol. The third kappa shape index (κ3) is 4.84. The van der Waals surface area contributed by atoms with E-state index in [9.17, 15) is 4.79 Å². The van der Waals surface area contributed by atoms with Crippen LogP contribution >= 0.6 is 11.3 Å². The number of allylic oxidation sites excluding steroid dienone is 1. The molecule has 0 fully saturated rings. The van der Waals surface area contributed by atoms with E-state index in [4.69, 9.17) is 9.72 Å². The molecule has 28 heavy (non-hydrogen) atoms. The van der Waals surface area contributed by atoms with Gasteiger partial charge >= 0.3 is 5.97 Å². The lowest BCUT2D eigenvalue weighted by Gasteiger charge is -2.14. The second-order valence-electron chi connectivity index (χ2n) is 6.23. The number of carbonyl (C=O) groups excluding carboxylic acids is 1. The van der Waals surface area contributed by atoms with Crippen LogP contribution in [0.2, 0.25) is 0 Å². The monoisotopic (exact) mass is 393 g/mol. The van der Waals surface area contributed by atoms with Crippen LogP contribution in [-0.2, 0) is 22.4 Å². The molecule has 3 aromatic rings. The minimum atomic E-state index is -0.219. The number of aromatic nitrogens is 2. The molecule has 0 unspecified atom stereocenters. The number of ether oxygens (including phenoxy) is 1. The average Bonchev–Trinajstić information content (AvgIpc) is 3.21. The zero-order chi connectivity index (χ0) is 19.9. The van der Waals surface area contributed by atoms with Crippen LogP contribution in [0, 0.1) is 6.92 Å². The average molecular weight is 394 g/mol. The Hall–Kier alpha value is -2.99. The van der Waals surface area contributed by atoms with E-state index in [1.807, 2.05) is 54.8 Å². The van der Waals surface area contributed by atoms with Gasteiger partial charge in [0, 0.05) is 16.9 Å². The number of thiophene rings is 1. The van der Waals surface area contributed by atoms with Crippen molar-refractivity contribution in [1.29, 1.82) is 0 Å². The number of esters is 1. The Morgan fingerprint density at radius 1 is 1.25 bits per heavy atom. The fourth-order valence-electron chi connectivity index (χ4n) is 2.83. The third-order valence-electron chi connectivity index (χ3n) is 4.17. The number of rotatable bonds is 8. The molecule has 0 radical (unpaired) electrons. The Morgan fingerprint density at radius 2 is 2.04 bits per heavy atom. The number of benzene rings is 1. The van der Waals surface area contributed by atoms with E-state index in [0.717, 1.165) is 33.2 Å². The maximum atomic E-state index is 11.6. The van der Waals surface area contributed by atoms with Crippen LogP contribution in [0.5, 0.6) is 0 Å². The molecule has 0 amide bonds. The first-order chi connectivity index (χ1) is 13.6. The molecule has 6 heteroatoms. The van der Waals surface area contributed by atoms with Crippen molar-refractivity contribution in [3.05, 3.63) is 71.3 Å². The van der Waals surface area contributed by atoms with Crippen molar-refractivity contribution in [2.75, 3.05) is 11.9 Å². The summed E-state index contributed by atoms with van der Waals surface area (Å²) in [4.78, 5) is 22.1. The standard InChI is InChI=1S/C22H23N3O2S/c1-4-7-18-15(3)23-22(19-8-6-13-28-19)25-21(18)24-17-11-9-16(10-12-17)14-20(26)27-5-2/h4,6,8-13H,1,5,7,14H2,2-3H3,(H,23,24,25). The minimum absolute atomic E-state index is 0.219. The van der Waals surface area contributed by atoms with Crippen molar-refractivity contribution >= 4 is 28.8 Å². The van der Waals surface area contributed by atoms with Crippen LogP contribution in [0.4, 0.5) is 11.5 Å². The van der Waals surface area contributed by atoms with Gasteiger partial charge < -0.3 is 10.1 Å². The molecule has 5 nitrogen and oxygen atoms in total. The zero-order valence-corrected chi connectivity index (χ0v) is 16.9. The Bertz CT molecular complexity index is 951. The summed E-state index contributed by atoms with van der Waals surface area (Å²) in [5.74, 6) is 1.26. The molecule has 0 aliphatic rings. The fraction of sp³-hybridized carbons (Fsp3) is 0.227. The van der Waals surface area contributed by atoms with Crippen LogP contribution in [0.3, 0.4) is 0 Å². The van der Waals surface area contributed by atoms with Crippen LogP contribution in [-0.4, -0.2) is 22.5 Å². The highest BCUT2D eigenvalue weighted by molar-refractivity contribution is 7.13. The largest absolute Gasteiger partial charge is 0.466 e. The molecule has 0 aliphatic carbocycles. The molecule has 0 saturated carbocycles. The third-order valence-corrected chi connectivity index (χ3v) is 5.04. The van der Waals surface area contributed by atoms with Crippen LogP contribution in [0.25, 0.3) is 10.7 Å². The summed E-state index contributed by atoms with van der Waals surface area (Å²) in [6, 6.07) is 11.7. The Morgan fingerprint density at radius 3 is 2.68 bits per heavy atom. The summed E-state index contributed by atoms with van der Waals surface area (Å²) >= 11 is 1.61. The highest BCUT2D eigenvalue weighted by Crippen LogP contribution is 2.28. The molecule has 1 N–H and O–H groups in total. The quantitative estimate of drug-likeness (QED) is 0.426. The van der Waals surface area contributed by atoms with Gasteiger partial charge in [-0.3, -0.25) is 4.79 Å². The predicted molar refractivity (Wildman–Crippen MR) is 114 cm³/mol. The molecule has 3 rings (SSSR count). The molecule has 0 spiro atoms. The SMILES string of the molecule is C=CCc1c(C)nc(-c2cccs2)nc1Nc1ccc(CC(=O)OCC)cc1.